The maximum Gasteiger partial charge on any atom is 0.321 e. The van der Waals surface area contributed by atoms with Gasteiger partial charge in [-0.25, -0.2) is 14.8 Å². The number of halogens is 1. The smallest absolute Gasteiger partial charge is 0.321 e. The van der Waals surface area contributed by atoms with Crippen molar-refractivity contribution >= 4 is 46.2 Å². The second-order valence-corrected chi connectivity index (χ2v) is 8.41. The zero-order chi connectivity index (χ0) is 24.4. The zero-order valence-corrected chi connectivity index (χ0v) is 19.7. The predicted octanol–water partition coefficient (Wildman–Crippen LogP) is 3.69. The summed E-state index contributed by atoms with van der Waals surface area (Å²) in [6.45, 7) is 2.13. The fourth-order valence-electron chi connectivity index (χ4n) is 3.91. The van der Waals surface area contributed by atoms with Crippen molar-refractivity contribution < 1.29 is 9.53 Å². The van der Waals surface area contributed by atoms with Crippen LogP contribution in [0.4, 0.5) is 22.2 Å². The number of urea groups is 1. The summed E-state index contributed by atoms with van der Waals surface area (Å²) in [5.41, 5.74) is 9.18. The van der Waals surface area contributed by atoms with Gasteiger partial charge in [-0.1, -0.05) is 29.8 Å². The van der Waals surface area contributed by atoms with Gasteiger partial charge in [0.05, 0.1) is 19.0 Å². The number of anilines is 3. The summed E-state index contributed by atoms with van der Waals surface area (Å²) in [5.74, 6) is 1.41. The molecule has 3 N–H and O–H groups in total. The molecule has 2 aromatic heterocycles. The molecule has 0 spiro atoms. The Labute approximate surface area is 206 Å². The highest BCUT2D eigenvalue weighted by molar-refractivity contribution is 6.30. The number of carbonyl (C=O) groups is 1. The molecule has 1 aliphatic rings. The molecule has 178 valence electrons. The molecule has 35 heavy (non-hydrogen) atoms. The molecule has 10 nitrogen and oxygen atoms in total. The molecule has 2 amide bonds. The number of aromatic nitrogens is 4. The van der Waals surface area contributed by atoms with Crippen LogP contribution in [0.25, 0.3) is 22.4 Å². The number of hydrogen-bond donors (Lipinski definition) is 2. The number of benzene rings is 2. The van der Waals surface area contributed by atoms with Crippen LogP contribution in [0.3, 0.4) is 0 Å². The Morgan fingerprint density at radius 2 is 1.83 bits per heavy atom. The van der Waals surface area contributed by atoms with E-state index in [1.165, 1.54) is 0 Å². The lowest BCUT2D eigenvalue weighted by Crippen LogP contribution is -2.50. The molecule has 0 aliphatic carbocycles. The molecule has 4 aromatic rings. The lowest BCUT2D eigenvalue weighted by Gasteiger charge is -2.35. The second kappa shape index (κ2) is 9.59. The number of rotatable bonds is 4. The third kappa shape index (κ3) is 4.87. The number of ether oxygens (including phenoxy) is 1. The summed E-state index contributed by atoms with van der Waals surface area (Å²) in [6, 6.07) is 14.5. The van der Waals surface area contributed by atoms with Crippen molar-refractivity contribution in [2.45, 2.75) is 0 Å². The van der Waals surface area contributed by atoms with Crippen LogP contribution in [0.2, 0.25) is 5.02 Å². The second-order valence-electron chi connectivity index (χ2n) is 7.98. The van der Waals surface area contributed by atoms with E-state index in [-0.39, 0.29) is 12.0 Å². The highest BCUT2D eigenvalue weighted by atomic mass is 35.5. The molecular weight excluding hydrogens is 468 g/mol. The summed E-state index contributed by atoms with van der Waals surface area (Å²) >= 11 is 6.02. The number of nitrogen functional groups attached to an aromatic ring is 1. The van der Waals surface area contributed by atoms with Crippen LogP contribution in [0, 0.1) is 0 Å². The fraction of sp³-hybridized carbons (Fsp3) is 0.208. The van der Waals surface area contributed by atoms with Crippen molar-refractivity contribution in [3.05, 3.63) is 59.8 Å². The van der Waals surface area contributed by atoms with E-state index in [0.717, 1.165) is 5.56 Å². The highest BCUT2D eigenvalue weighted by Gasteiger charge is 2.25. The van der Waals surface area contributed by atoms with Crippen molar-refractivity contribution in [2.75, 3.05) is 49.2 Å². The predicted molar refractivity (Wildman–Crippen MR) is 136 cm³/mol. The number of fused-ring (bicyclic) bond motifs is 1. The van der Waals surface area contributed by atoms with Crippen LogP contribution in [-0.2, 0) is 0 Å². The van der Waals surface area contributed by atoms with Crippen molar-refractivity contribution in [2.24, 2.45) is 0 Å². The van der Waals surface area contributed by atoms with E-state index in [0.29, 0.717) is 65.3 Å². The highest BCUT2D eigenvalue weighted by Crippen LogP contribution is 2.27. The summed E-state index contributed by atoms with van der Waals surface area (Å²) < 4.78 is 5.22. The van der Waals surface area contributed by atoms with Gasteiger partial charge in [-0.3, -0.25) is 0 Å². The molecule has 3 heterocycles. The van der Waals surface area contributed by atoms with Gasteiger partial charge in [-0.2, -0.15) is 9.97 Å². The van der Waals surface area contributed by atoms with Crippen LogP contribution >= 0.6 is 11.6 Å². The van der Waals surface area contributed by atoms with E-state index in [1.54, 1.807) is 36.4 Å². The number of piperazine rings is 1. The van der Waals surface area contributed by atoms with Crippen molar-refractivity contribution in [3.63, 3.8) is 0 Å². The number of nitrogens with two attached hydrogens (primary N) is 1. The van der Waals surface area contributed by atoms with Crippen molar-refractivity contribution in [1.29, 1.82) is 0 Å². The van der Waals surface area contributed by atoms with E-state index in [9.17, 15) is 4.79 Å². The molecule has 5 rings (SSSR count). The maximum atomic E-state index is 12.8. The Bertz CT molecular complexity index is 1370. The molecule has 1 aliphatic heterocycles. The minimum absolute atomic E-state index is 0.124. The summed E-state index contributed by atoms with van der Waals surface area (Å²) in [7, 11) is 1.59. The van der Waals surface area contributed by atoms with Gasteiger partial charge in [-0.05, 0) is 24.3 Å². The molecule has 0 radical (unpaired) electrons. The van der Waals surface area contributed by atoms with Gasteiger partial charge in [0.1, 0.15) is 5.75 Å². The lowest BCUT2D eigenvalue weighted by molar-refractivity contribution is 0.208. The lowest BCUT2D eigenvalue weighted by atomic mass is 10.1. The molecule has 0 unspecified atom stereocenters. The Balaban J connectivity index is 1.34. The molecule has 1 saturated heterocycles. The van der Waals surface area contributed by atoms with E-state index < -0.39 is 0 Å². The van der Waals surface area contributed by atoms with E-state index >= 15 is 0 Å². The van der Waals surface area contributed by atoms with Crippen LogP contribution in [0.5, 0.6) is 5.75 Å². The van der Waals surface area contributed by atoms with Gasteiger partial charge < -0.3 is 25.6 Å². The quantitative estimate of drug-likeness (QED) is 0.444. The number of nitrogens with one attached hydrogen (secondary N) is 1. The molecule has 2 aromatic carbocycles. The first-order valence-electron chi connectivity index (χ1n) is 11.0. The first-order valence-corrected chi connectivity index (χ1v) is 11.4. The average molecular weight is 491 g/mol. The van der Waals surface area contributed by atoms with Gasteiger partial charge in [0.15, 0.2) is 17.0 Å². The number of hydrogen-bond acceptors (Lipinski definition) is 8. The molecular formula is C24H23ClN8O2. The van der Waals surface area contributed by atoms with Gasteiger partial charge >= 0.3 is 6.03 Å². The summed E-state index contributed by atoms with van der Waals surface area (Å²) in [4.78, 5) is 34.5. The number of nitrogens with zero attached hydrogens (tertiary/aromatic N) is 6. The van der Waals surface area contributed by atoms with E-state index in [4.69, 9.17) is 27.1 Å². The van der Waals surface area contributed by atoms with Crippen LogP contribution in [-0.4, -0.2) is 64.2 Å². The molecule has 0 bridgehead atoms. The van der Waals surface area contributed by atoms with Crippen molar-refractivity contribution in [1.82, 2.24) is 24.8 Å². The number of methoxy groups -OCH3 is 1. The Kier molecular flexibility index (Phi) is 6.19. The molecule has 11 heteroatoms. The monoisotopic (exact) mass is 490 g/mol. The average Bonchev–Trinajstić information content (AvgIpc) is 2.88. The maximum absolute atomic E-state index is 12.8. The largest absolute Gasteiger partial charge is 0.497 e. The Morgan fingerprint density at radius 1 is 1.06 bits per heavy atom. The third-order valence-electron chi connectivity index (χ3n) is 5.73. The first-order chi connectivity index (χ1) is 17.0. The molecule has 0 saturated carbocycles. The van der Waals surface area contributed by atoms with Gasteiger partial charge in [0.25, 0.3) is 0 Å². The van der Waals surface area contributed by atoms with Crippen molar-refractivity contribution in [3.8, 4) is 17.0 Å². The van der Waals surface area contributed by atoms with Crippen LogP contribution in [0.1, 0.15) is 0 Å². The van der Waals surface area contributed by atoms with Crippen LogP contribution < -0.4 is 20.7 Å². The Hall–Kier alpha value is -4.18. The number of amides is 2. The van der Waals surface area contributed by atoms with Gasteiger partial charge in [-0.15, -0.1) is 0 Å². The summed E-state index contributed by atoms with van der Waals surface area (Å²) in [5, 5.41) is 3.57. The SMILES string of the molecule is COc1cccc(NC(=O)N2CCN(c3nc(N)nc4ncc(-c5ccc(Cl)cc5)nc34)CC2)c1. The minimum atomic E-state index is -0.172. The summed E-state index contributed by atoms with van der Waals surface area (Å²) in [6.07, 6.45) is 1.66. The normalized spacial score (nSPS) is 13.7. The first kappa shape index (κ1) is 22.6. The number of carbonyl (C=O) groups excluding carboxylic acids is 1. The topological polar surface area (TPSA) is 122 Å². The van der Waals surface area contributed by atoms with E-state index in [2.05, 4.69) is 25.2 Å². The zero-order valence-electron chi connectivity index (χ0n) is 19.0. The van der Waals surface area contributed by atoms with Gasteiger partial charge in [0.2, 0.25) is 5.95 Å². The minimum Gasteiger partial charge on any atom is -0.497 e. The van der Waals surface area contributed by atoms with Gasteiger partial charge in [0, 0.05) is 48.5 Å². The molecule has 1 fully saturated rings. The Morgan fingerprint density at radius 3 is 2.57 bits per heavy atom. The van der Waals surface area contributed by atoms with E-state index in [1.807, 2.05) is 30.3 Å². The fourth-order valence-corrected chi connectivity index (χ4v) is 4.04. The van der Waals surface area contributed by atoms with Crippen LogP contribution in [0.15, 0.2) is 54.7 Å². The molecule has 0 atom stereocenters. The standard InChI is InChI=1S/C24H23ClN8O2/c1-35-18-4-2-3-17(13-18)28-24(34)33-11-9-32(10-12-33)22-20-21(30-23(26)31-22)27-14-19(29-20)15-5-7-16(25)8-6-15/h2-8,13-14H,9-12H2,1H3,(H,28,34)(H2,26,27,30,31). The third-order valence-corrected chi connectivity index (χ3v) is 5.99.